The van der Waals surface area contributed by atoms with Crippen molar-refractivity contribution in [1.29, 1.82) is 0 Å². The van der Waals surface area contributed by atoms with E-state index in [9.17, 15) is 57.1 Å². The van der Waals surface area contributed by atoms with Crippen molar-refractivity contribution >= 4 is 0 Å². The highest BCUT2D eigenvalue weighted by atomic mass is 19.4. The van der Waals surface area contributed by atoms with Crippen LogP contribution < -0.4 is 9.47 Å². The van der Waals surface area contributed by atoms with Gasteiger partial charge in [0.15, 0.2) is 17.5 Å². The lowest BCUT2D eigenvalue weighted by molar-refractivity contribution is -0.310. The van der Waals surface area contributed by atoms with Crippen LogP contribution in [-0.2, 0) is 15.7 Å². The van der Waals surface area contributed by atoms with Gasteiger partial charge in [-0.25, -0.2) is 30.7 Å². The third-order valence-electron chi connectivity index (χ3n) is 8.23. The highest BCUT2D eigenvalue weighted by Gasteiger charge is 2.42. The lowest BCUT2D eigenvalue weighted by Crippen LogP contribution is -2.35. The Morgan fingerprint density at radius 2 is 0.804 bits per heavy atom. The first-order valence-corrected chi connectivity index (χ1v) is 17.3. The quantitative estimate of drug-likeness (QED) is 0.0385. The minimum Gasteiger partial charge on any atom is -0.493 e. The molecular weight excluding hydrogens is 779 g/mol. The topological polar surface area (TPSA) is 36.9 Å². The van der Waals surface area contributed by atoms with Crippen molar-refractivity contribution in [3.8, 4) is 33.8 Å². The molecule has 56 heavy (non-hydrogen) atoms. The van der Waals surface area contributed by atoms with Crippen molar-refractivity contribution in [2.45, 2.75) is 70.0 Å². The Morgan fingerprint density at radius 3 is 1.16 bits per heavy atom. The van der Waals surface area contributed by atoms with Gasteiger partial charge in [-0.15, -0.1) is 0 Å². The van der Waals surface area contributed by atoms with E-state index in [1.807, 2.05) is 0 Å². The molecule has 1 unspecified atom stereocenters. The maximum atomic E-state index is 14.6. The van der Waals surface area contributed by atoms with Crippen LogP contribution in [0.1, 0.15) is 56.9 Å². The summed E-state index contributed by atoms with van der Waals surface area (Å²) in [5.41, 5.74) is -3.22. The summed E-state index contributed by atoms with van der Waals surface area (Å²) in [5, 5.41) is 0. The molecule has 0 spiro atoms. The van der Waals surface area contributed by atoms with Crippen LogP contribution in [-0.4, -0.2) is 38.9 Å². The van der Waals surface area contributed by atoms with E-state index in [1.54, 1.807) is 0 Å². The van der Waals surface area contributed by atoms with Crippen molar-refractivity contribution in [3.63, 3.8) is 0 Å². The zero-order valence-electron chi connectivity index (χ0n) is 29.4. The second-order valence-electron chi connectivity index (χ2n) is 12.5. The van der Waals surface area contributed by atoms with Crippen LogP contribution in [0.3, 0.4) is 0 Å². The monoisotopic (exact) mass is 814 g/mol. The van der Waals surface area contributed by atoms with Gasteiger partial charge in [0.1, 0.15) is 40.3 Å². The summed E-state index contributed by atoms with van der Waals surface area (Å²) >= 11 is 0. The normalized spacial score (nSPS) is 12.6. The van der Waals surface area contributed by atoms with E-state index >= 15 is 0 Å². The standard InChI is InChI=1S/C39H35F13O4/c40-29-21-25(9-11-27(29)23-17-31(42)35(32(43)18-23)38(47,48)49)53-13-5-1-3-7-15-55-37(39(50,51)52)56-16-8-4-2-6-14-54-26-10-12-28(30(41)22-26)24-19-33(44)36(46)34(45)20-24/h9-12,17-22,37H,1-8,13-16H2. The molecule has 17 heteroatoms. The van der Waals surface area contributed by atoms with Gasteiger partial charge in [0.25, 0.3) is 6.29 Å². The summed E-state index contributed by atoms with van der Waals surface area (Å²) < 4.78 is 196. The lowest BCUT2D eigenvalue weighted by atomic mass is 10.0. The third kappa shape index (κ3) is 12.8. The predicted molar refractivity (Wildman–Crippen MR) is 178 cm³/mol. The second kappa shape index (κ2) is 20.1. The molecule has 0 aliphatic rings. The maximum absolute atomic E-state index is 14.6. The van der Waals surface area contributed by atoms with Gasteiger partial charge in [-0.3, -0.25) is 0 Å². The van der Waals surface area contributed by atoms with Gasteiger partial charge in [-0.05, 0) is 98.2 Å². The molecule has 0 saturated heterocycles. The number of unbranched alkanes of at least 4 members (excludes halogenated alkanes) is 6. The number of hydrogen-bond acceptors (Lipinski definition) is 4. The van der Waals surface area contributed by atoms with Gasteiger partial charge in [0, 0.05) is 23.3 Å². The van der Waals surface area contributed by atoms with Crippen LogP contribution >= 0.6 is 0 Å². The van der Waals surface area contributed by atoms with Crippen molar-refractivity contribution in [2.75, 3.05) is 26.4 Å². The highest BCUT2D eigenvalue weighted by molar-refractivity contribution is 5.66. The summed E-state index contributed by atoms with van der Waals surface area (Å²) in [7, 11) is 0. The highest BCUT2D eigenvalue weighted by Crippen LogP contribution is 2.37. The number of halogens is 13. The minimum absolute atomic E-state index is 0.0460. The molecule has 0 aromatic heterocycles. The first-order chi connectivity index (χ1) is 26.5. The average molecular weight is 815 g/mol. The molecule has 306 valence electrons. The summed E-state index contributed by atoms with van der Waals surface area (Å²) in [4.78, 5) is 0. The van der Waals surface area contributed by atoms with Crippen LogP contribution in [0.5, 0.6) is 11.5 Å². The molecule has 0 saturated carbocycles. The smallest absolute Gasteiger partial charge is 0.440 e. The van der Waals surface area contributed by atoms with Gasteiger partial charge in [-0.1, -0.05) is 12.8 Å². The molecule has 1 atom stereocenters. The fourth-order valence-electron chi connectivity index (χ4n) is 5.46. The Kier molecular flexibility index (Phi) is 15.8. The van der Waals surface area contributed by atoms with E-state index in [2.05, 4.69) is 0 Å². The van der Waals surface area contributed by atoms with E-state index in [0.29, 0.717) is 69.2 Å². The molecule has 4 nitrogen and oxygen atoms in total. The maximum Gasteiger partial charge on any atom is 0.440 e. The van der Waals surface area contributed by atoms with E-state index in [1.165, 1.54) is 18.2 Å². The van der Waals surface area contributed by atoms with Gasteiger partial charge in [0.2, 0.25) is 0 Å². The third-order valence-corrected chi connectivity index (χ3v) is 8.23. The Bertz CT molecular complexity index is 1850. The zero-order chi connectivity index (χ0) is 41.0. The molecule has 4 rings (SSSR count). The van der Waals surface area contributed by atoms with Crippen molar-refractivity contribution in [1.82, 2.24) is 0 Å². The first kappa shape index (κ1) is 44.2. The van der Waals surface area contributed by atoms with Gasteiger partial charge in [0.05, 0.1) is 26.4 Å². The summed E-state index contributed by atoms with van der Waals surface area (Å²) in [6.07, 6.45) is -8.89. The SMILES string of the molecule is Fc1cc(OCCCCCCOC(OCCCCCCOc2ccc(-c3cc(F)c(C(F)(F)F)c(F)c3)c(F)c2)C(F)(F)F)ccc1-c1cc(F)c(F)c(F)c1. The second-order valence-corrected chi connectivity index (χ2v) is 12.5. The predicted octanol–water partition coefficient (Wildman–Crippen LogP) is 12.5. The fraction of sp³-hybridized carbons (Fsp3) is 0.385. The number of alkyl halides is 6. The van der Waals surface area contributed by atoms with Gasteiger partial charge in [-0.2, -0.15) is 26.3 Å². The van der Waals surface area contributed by atoms with Gasteiger partial charge < -0.3 is 18.9 Å². The Labute approximate surface area is 313 Å². The van der Waals surface area contributed by atoms with E-state index < -0.39 is 70.5 Å². The van der Waals surface area contributed by atoms with Gasteiger partial charge >= 0.3 is 12.4 Å². The van der Waals surface area contributed by atoms with E-state index in [0.717, 1.165) is 18.2 Å². The number of ether oxygens (including phenoxy) is 4. The molecule has 0 fully saturated rings. The summed E-state index contributed by atoms with van der Waals surface area (Å²) in [5.74, 6) is -10.0. The minimum atomic E-state index is -5.27. The largest absolute Gasteiger partial charge is 0.493 e. The Morgan fingerprint density at radius 1 is 0.429 bits per heavy atom. The van der Waals surface area contributed by atoms with E-state index in [-0.39, 0.29) is 61.0 Å². The van der Waals surface area contributed by atoms with E-state index in [4.69, 9.17) is 18.9 Å². The lowest BCUT2D eigenvalue weighted by Gasteiger charge is -2.21. The Balaban J connectivity index is 1.06. The number of benzene rings is 4. The van der Waals surface area contributed by atoms with Crippen LogP contribution in [0.2, 0.25) is 0 Å². The molecule has 0 amide bonds. The molecule has 4 aromatic rings. The summed E-state index contributed by atoms with van der Waals surface area (Å²) in [6, 6.07) is 9.00. The van der Waals surface area contributed by atoms with Crippen molar-refractivity contribution in [3.05, 3.63) is 107 Å². The van der Waals surface area contributed by atoms with Crippen LogP contribution in [0.25, 0.3) is 22.3 Å². The van der Waals surface area contributed by atoms with Crippen LogP contribution in [0.15, 0.2) is 60.7 Å². The molecule has 0 N–H and O–H groups in total. The fourth-order valence-corrected chi connectivity index (χ4v) is 5.46. The molecule has 4 aromatic carbocycles. The van der Waals surface area contributed by atoms with Crippen LogP contribution in [0.4, 0.5) is 57.1 Å². The summed E-state index contributed by atoms with van der Waals surface area (Å²) in [6.45, 7) is -0.202. The molecule has 0 heterocycles. The van der Waals surface area contributed by atoms with Crippen LogP contribution in [0, 0.1) is 40.7 Å². The molecule has 0 aliphatic heterocycles. The average Bonchev–Trinajstić information content (AvgIpc) is 3.10. The first-order valence-electron chi connectivity index (χ1n) is 17.3. The molecule has 0 bridgehead atoms. The molecule has 0 aliphatic carbocycles. The number of hydrogen-bond donors (Lipinski definition) is 0. The Hall–Kier alpha value is -4.51. The van der Waals surface area contributed by atoms with Crippen molar-refractivity contribution in [2.24, 2.45) is 0 Å². The number of rotatable bonds is 20. The molecular formula is C39H35F13O4. The molecule has 0 radical (unpaired) electrons. The van der Waals surface area contributed by atoms with Crippen molar-refractivity contribution < 1.29 is 76.0 Å². The zero-order valence-corrected chi connectivity index (χ0v) is 29.4.